The molecule has 0 aliphatic heterocycles. The number of hydrogen-bond donors (Lipinski definition) is 3. The monoisotopic (exact) mass is 556 g/mol. The average Bonchev–Trinajstić information content (AvgIpc) is 2.91. The standard InChI is InChI=1S/C30H63NO.C5H14N2/c1-2-3-4-5-6-7-8-9-10-11-12-13-14-15-16-17-18-19-20-21-22-23-24-25-26-27-28-29-30(31)32;1-4-5-6-7(2)3/h30,32H,2-29,31H2,1H3;6H,4-5H2,1-3H3. The van der Waals surface area contributed by atoms with Crippen molar-refractivity contribution in [1.29, 1.82) is 0 Å². The van der Waals surface area contributed by atoms with E-state index >= 15 is 0 Å². The molecule has 0 aromatic carbocycles. The van der Waals surface area contributed by atoms with Crippen LogP contribution in [0.15, 0.2) is 0 Å². The maximum Gasteiger partial charge on any atom is 0.102 e. The van der Waals surface area contributed by atoms with Crippen LogP contribution in [0.1, 0.15) is 200 Å². The highest BCUT2D eigenvalue weighted by Gasteiger charge is 1.97. The molecule has 4 N–H and O–H groups in total. The van der Waals surface area contributed by atoms with Crippen LogP contribution in [0.5, 0.6) is 0 Å². The van der Waals surface area contributed by atoms with E-state index in [9.17, 15) is 0 Å². The second-order valence-corrected chi connectivity index (χ2v) is 12.4. The molecule has 39 heavy (non-hydrogen) atoms. The van der Waals surface area contributed by atoms with Crippen LogP contribution in [0, 0.1) is 0 Å². The summed E-state index contributed by atoms with van der Waals surface area (Å²) in [7, 11) is 3.99. The normalized spacial score (nSPS) is 12.1. The van der Waals surface area contributed by atoms with Gasteiger partial charge in [0.1, 0.15) is 6.23 Å². The molecule has 0 fully saturated rings. The van der Waals surface area contributed by atoms with Gasteiger partial charge in [0.25, 0.3) is 0 Å². The first-order valence-electron chi connectivity index (χ1n) is 17.9. The van der Waals surface area contributed by atoms with Gasteiger partial charge in [-0.2, -0.15) is 0 Å². The topological polar surface area (TPSA) is 61.5 Å². The van der Waals surface area contributed by atoms with Crippen molar-refractivity contribution >= 4 is 0 Å². The second-order valence-electron chi connectivity index (χ2n) is 12.4. The molecular formula is C35H77N3O. The maximum absolute atomic E-state index is 9.02. The number of hydrazine groups is 1. The van der Waals surface area contributed by atoms with Crippen LogP contribution in [0.4, 0.5) is 0 Å². The van der Waals surface area contributed by atoms with Gasteiger partial charge in [0.2, 0.25) is 0 Å². The van der Waals surface area contributed by atoms with Gasteiger partial charge in [-0.15, -0.1) is 0 Å². The van der Waals surface area contributed by atoms with E-state index in [1.807, 2.05) is 19.1 Å². The summed E-state index contributed by atoms with van der Waals surface area (Å²) in [6, 6.07) is 0. The molecule has 0 heterocycles. The Morgan fingerprint density at radius 2 is 0.718 bits per heavy atom. The Morgan fingerprint density at radius 3 is 0.897 bits per heavy atom. The molecule has 0 amide bonds. The fourth-order valence-electron chi connectivity index (χ4n) is 5.18. The summed E-state index contributed by atoms with van der Waals surface area (Å²) < 4.78 is 0. The number of nitrogens with one attached hydrogen (secondary N) is 1. The number of aliphatic hydroxyl groups is 1. The highest BCUT2D eigenvalue weighted by atomic mass is 16.3. The lowest BCUT2D eigenvalue weighted by molar-refractivity contribution is 0.168. The van der Waals surface area contributed by atoms with Crippen LogP contribution in [0.2, 0.25) is 0 Å². The van der Waals surface area contributed by atoms with Crippen molar-refractivity contribution in [3.05, 3.63) is 0 Å². The highest BCUT2D eigenvalue weighted by Crippen LogP contribution is 2.16. The number of hydrogen-bond acceptors (Lipinski definition) is 4. The lowest BCUT2D eigenvalue weighted by Crippen LogP contribution is -2.30. The lowest BCUT2D eigenvalue weighted by atomic mass is 10.0. The molecule has 0 spiro atoms. The van der Waals surface area contributed by atoms with Gasteiger partial charge in [-0.1, -0.05) is 181 Å². The van der Waals surface area contributed by atoms with Gasteiger partial charge in [0, 0.05) is 20.6 Å². The van der Waals surface area contributed by atoms with Gasteiger partial charge in [0.15, 0.2) is 0 Å². The Balaban J connectivity index is 0. The van der Waals surface area contributed by atoms with Crippen LogP contribution < -0.4 is 11.2 Å². The van der Waals surface area contributed by atoms with Gasteiger partial charge in [-0.05, 0) is 19.3 Å². The minimum atomic E-state index is -0.603. The Morgan fingerprint density at radius 1 is 0.462 bits per heavy atom. The van der Waals surface area contributed by atoms with E-state index in [4.69, 9.17) is 10.8 Å². The summed E-state index contributed by atoms with van der Waals surface area (Å²) in [5.41, 5.74) is 8.48. The molecule has 0 aromatic rings. The van der Waals surface area contributed by atoms with Crippen LogP contribution in [-0.4, -0.2) is 37.0 Å². The van der Waals surface area contributed by atoms with Crippen molar-refractivity contribution in [2.75, 3.05) is 20.6 Å². The summed E-state index contributed by atoms with van der Waals surface area (Å²) in [4.78, 5) is 0. The van der Waals surface area contributed by atoms with E-state index in [0.717, 1.165) is 19.4 Å². The van der Waals surface area contributed by atoms with E-state index in [-0.39, 0.29) is 0 Å². The molecule has 4 nitrogen and oxygen atoms in total. The molecule has 0 saturated heterocycles. The third-order valence-corrected chi connectivity index (χ3v) is 7.78. The maximum atomic E-state index is 9.02. The van der Waals surface area contributed by atoms with Crippen molar-refractivity contribution in [1.82, 2.24) is 10.4 Å². The number of nitrogens with zero attached hydrogens (tertiary/aromatic N) is 1. The third-order valence-electron chi connectivity index (χ3n) is 7.78. The second kappa shape index (κ2) is 37.8. The third kappa shape index (κ3) is 45.1. The predicted molar refractivity (Wildman–Crippen MR) is 177 cm³/mol. The number of unbranched alkanes of at least 4 members (excludes halogenated alkanes) is 26. The van der Waals surface area contributed by atoms with E-state index in [1.54, 1.807) is 0 Å². The molecule has 0 aromatic heterocycles. The Hall–Kier alpha value is -0.160. The van der Waals surface area contributed by atoms with Gasteiger partial charge >= 0.3 is 0 Å². The zero-order valence-corrected chi connectivity index (χ0v) is 27.8. The Kier molecular flexibility index (Phi) is 39.8. The predicted octanol–water partition coefficient (Wildman–Crippen LogP) is 10.7. The molecule has 4 heteroatoms. The molecular weight excluding hydrogens is 478 g/mol. The fourth-order valence-corrected chi connectivity index (χ4v) is 5.18. The van der Waals surface area contributed by atoms with E-state index < -0.39 is 6.23 Å². The summed E-state index contributed by atoms with van der Waals surface area (Å²) in [6.07, 6.45) is 39.9. The number of aliphatic hydroxyl groups excluding tert-OH is 1. The molecule has 0 bridgehead atoms. The van der Waals surface area contributed by atoms with Crippen molar-refractivity contribution in [2.45, 2.75) is 206 Å². The lowest BCUT2D eigenvalue weighted by Gasteiger charge is -2.08. The zero-order chi connectivity index (χ0) is 29.1. The molecule has 1 unspecified atom stereocenters. The molecule has 1 atom stereocenters. The van der Waals surface area contributed by atoms with Gasteiger partial charge in [-0.25, -0.2) is 0 Å². The SMILES string of the molecule is CCCCCCCCCCCCCCCCCCCCCCCCCCCCCC(N)O.CCCNN(C)C. The number of rotatable bonds is 31. The van der Waals surface area contributed by atoms with Crippen molar-refractivity contribution < 1.29 is 5.11 Å². The molecule has 0 aliphatic rings. The van der Waals surface area contributed by atoms with Gasteiger partial charge in [-0.3, -0.25) is 10.4 Å². The van der Waals surface area contributed by atoms with E-state index in [2.05, 4.69) is 19.3 Å². The molecule has 0 saturated carbocycles. The summed E-state index contributed by atoms with van der Waals surface area (Å²) in [5, 5.41) is 11.0. The van der Waals surface area contributed by atoms with Crippen molar-refractivity contribution in [3.8, 4) is 0 Å². The number of nitrogens with two attached hydrogens (primary N) is 1. The summed E-state index contributed by atoms with van der Waals surface area (Å²) in [6.45, 7) is 5.53. The minimum Gasteiger partial charge on any atom is -0.379 e. The van der Waals surface area contributed by atoms with Crippen LogP contribution in [0.3, 0.4) is 0 Å². The van der Waals surface area contributed by atoms with Crippen LogP contribution in [0.25, 0.3) is 0 Å². The molecule has 238 valence electrons. The van der Waals surface area contributed by atoms with Gasteiger partial charge < -0.3 is 10.8 Å². The molecule has 0 rings (SSSR count). The Labute approximate surface area is 248 Å². The smallest absolute Gasteiger partial charge is 0.102 e. The van der Waals surface area contributed by atoms with Gasteiger partial charge in [0.05, 0.1) is 0 Å². The first kappa shape index (κ1) is 41.0. The highest BCUT2D eigenvalue weighted by molar-refractivity contribution is 4.52. The van der Waals surface area contributed by atoms with Crippen molar-refractivity contribution in [2.24, 2.45) is 5.73 Å². The summed E-state index contributed by atoms with van der Waals surface area (Å²) >= 11 is 0. The molecule has 0 radical (unpaired) electrons. The largest absolute Gasteiger partial charge is 0.379 e. The van der Waals surface area contributed by atoms with Crippen LogP contribution >= 0.6 is 0 Å². The first-order chi connectivity index (χ1) is 19.0. The fraction of sp³-hybridized carbons (Fsp3) is 1.00. The molecule has 0 aliphatic carbocycles. The minimum absolute atomic E-state index is 0.603. The average molecular weight is 556 g/mol. The van der Waals surface area contributed by atoms with E-state index in [0.29, 0.717) is 0 Å². The van der Waals surface area contributed by atoms with Crippen molar-refractivity contribution in [3.63, 3.8) is 0 Å². The summed E-state index contributed by atoms with van der Waals surface area (Å²) in [5.74, 6) is 0. The van der Waals surface area contributed by atoms with Crippen LogP contribution in [-0.2, 0) is 0 Å². The first-order valence-corrected chi connectivity index (χ1v) is 17.9. The Bertz CT molecular complexity index is 403. The quantitative estimate of drug-likeness (QED) is 0.0452. The zero-order valence-electron chi connectivity index (χ0n) is 27.8. The van der Waals surface area contributed by atoms with E-state index in [1.165, 1.54) is 173 Å².